The quantitative estimate of drug-likeness (QED) is 0.823. The third kappa shape index (κ3) is 4.04. The first kappa shape index (κ1) is 18.0. The van der Waals surface area contributed by atoms with E-state index < -0.39 is 0 Å². The summed E-state index contributed by atoms with van der Waals surface area (Å²) in [5, 5.41) is 4.46. The molecule has 0 saturated heterocycles. The van der Waals surface area contributed by atoms with E-state index in [1.165, 1.54) is 12.0 Å². The monoisotopic (exact) mass is 352 g/mol. The number of hydrazone groups is 1. The Morgan fingerprint density at radius 1 is 1.04 bits per heavy atom. The summed E-state index contributed by atoms with van der Waals surface area (Å²) >= 11 is 0. The van der Waals surface area contributed by atoms with Gasteiger partial charge < -0.3 is 9.47 Å². The summed E-state index contributed by atoms with van der Waals surface area (Å²) in [6.07, 6.45) is 4.26. The Morgan fingerprint density at radius 3 is 2.54 bits per heavy atom. The summed E-state index contributed by atoms with van der Waals surface area (Å²) in [6.45, 7) is 0. The lowest BCUT2D eigenvalue weighted by Gasteiger charge is -2.24. The molecule has 5 heteroatoms. The fraction of sp³-hybridized carbons (Fsp3) is 0.333. The predicted molar refractivity (Wildman–Crippen MR) is 102 cm³/mol. The van der Waals surface area contributed by atoms with Crippen molar-refractivity contribution in [2.24, 2.45) is 5.10 Å². The molecule has 1 N–H and O–H groups in total. The minimum Gasteiger partial charge on any atom is -0.493 e. The summed E-state index contributed by atoms with van der Waals surface area (Å²) in [5.74, 6) is 1.13. The van der Waals surface area contributed by atoms with Crippen LogP contribution in [0.4, 0.5) is 0 Å². The first-order valence-electron chi connectivity index (χ1n) is 8.86. The average molecular weight is 352 g/mol. The van der Waals surface area contributed by atoms with Crippen molar-refractivity contribution < 1.29 is 14.3 Å². The van der Waals surface area contributed by atoms with Crippen LogP contribution in [0.15, 0.2) is 53.6 Å². The van der Waals surface area contributed by atoms with E-state index in [1.807, 2.05) is 18.2 Å². The van der Waals surface area contributed by atoms with Gasteiger partial charge in [0.1, 0.15) is 0 Å². The molecular weight excluding hydrogens is 328 g/mol. The third-order valence-electron chi connectivity index (χ3n) is 4.73. The van der Waals surface area contributed by atoms with Crippen LogP contribution in [0, 0.1) is 0 Å². The van der Waals surface area contributed by atoms with Gasteiger partial charge in [-0.2, -0.15) is 5.10 Å². The van der Waals surface area contributed by atoms with Crippen molar-refractivity contribution in [2.45, 2.75) is 31.6 Å². The second-order valence-electron chi connectivity index (χ2n) is 6.32. The molecule has 0 aliphatic heterocycles. The smallest absolute Gasteiger partial charge is 0.271 e. The van der Waals surface area contributed by atoms with E-state index in [4.69, 9.17) is 9.47 Å². The molecule has 1 atom stereocenters. The summed E-state index contributed by atoms with van der Waals surface area (Å²) in [4.78, 5) is 12.5. The molecule has 5 nitrogen and oxygen atoms in total. The number of hydrogen-bond acceptors (Lipinski definition) is 4. The van der Waals surface area contributed by atoms with Gasteiger partial charge in [-0.3, -0.25) is 4.79 Å². The molecule has 0 unspecified atom stereocenters. The topological polar surface area (TPSA) is 59.9 Å². The van der Waals surface area contributed by atoms with Gasteiger partial charge in [-0.15, -0.1) is 0 Å². The Morgan fingerprint density at radius 2 is 1.81 bits per heavy atom. The molecule has 1 amide bonds. The molecule has 26 heavy (non-hydrogen) atoms. The van der Waals surface area contributed by atoms with Crippen LogP contribution in [0.1, 0.15) is 47.5 Å². The van der Waals surface area contributed by atoms with Crippen molar-refractivity contribution in [3.8, 4) is 11.5 Å². The van der Waals surface area contributed by atoms with Gasteiger partial charge in [0.2, 0.25) is 0 Å². The van der Waals surface area contributed by atoms with Crippen molar-refractivity contribution in [1.82, 2.24) is 5.43 Å². The zero-order valence-corrected chi connectivity index (χ0v) is 15.2. The molecule has 1 saturated carbocycles. The van der Waals surface area contributed by atoms with E-state index in [-0.39, 0.29) is 11.8 Å². The van der Waals surface area contributed by atoms with E-state index >= 15 is 0 Å². The molecule has 0 aromatic heterocycles. The Kier molecular flexibility index (Phi) is 5.89. The number of carbonyl (C=O) groups is 1. The van der Waals surface area contributed by atoms with Gasteiger partial charge >= 0.3 is 0 Å². The first-order chi connectivity index (χ1) is 12.7. The van der Waals surface area contributed by atoms with E-state index in [2.05, 4.69) is 22.7 Å². The maximum atomic E-state index is 12.5. The van der Waals surface area contributed by atoms with Crippen LogP contribution in [0.5, 0.6) is 11.5 Å². The number of carbonyl (C=O) groups excluding carboxylic acids is 1. The van der Waals surface area contributed by atoms with Crippen LogP contribution in [0.3, 0.4) is 0 Å². The molecule has 0 radical (unpaired) electrons. The van der Waals surface area contributed by atoms with Crippen LogP contribution < -0.4 is 14.9 Å². The molecule has 1 fully saturated rings. The molecule has 0 bridgehead atoms. The molecule has 2 aromatic carbocycles. The lowest BCUT2D eigenvalue weighted by Crippen LogP contribution is -2.24. The standard InChI is InChI=1S/C21H24N2O3/c1-25-19-13-12-16(14-20(19)26-2)21(24)23-22-18-11-7-6-10-17(18)15-8-4-3-5-9-15/h3-5,8-9,12-14,17H,6-7,10-11H2,1-2H3,(H,23,24)/b22-18-/t17-/m1/s1. The van der Waals surface area contributed by atoms with Crippen LogP contribution >= 0.6 is 0 Å². The normalized spacial score (nSPS) is 18.4. The lowest BCUT2D eigenvalue weighted by molar-refractivity contribution is 0.0954. The SMILES string of the molecule is COc1ccc(C(=O)N/N=C2/CCCC[C@@H]2c2ccccc2)cc1OC. The van der Waals surface area contributed by atoms with Crippen molar-refractivity contribution >= 4 is 11.6 Å². The number of nitrogens with one attached hydrogen (secondary N) is 1. The van der Waals surface area contributed by atoms with Gasteiger partial charge in [-0.1, -0.05) is 36.8 Å². The van der Waals surface area contributed by atoms with Gasteiger partial charge in [0.05, 0.1) is 14.2 Å². The molecule has 0 spiro atoms. The molecular formula is C21H24N2O3. The van der Waals surface area contributed by atoms with E-state index in [0.717, 1.165) is 25.0 Å². The summed E-state index contributed by atoms with van der Waals surface area (Å²) in [7, 11) is 3.11. The van der Waals surface area contributed by atoms with Crippen LogP contribution in [0.25, 0.3) is 0 Å². The van der Waals surface area contributed by atoms with Gasteiger partial charge in [-0.05, 0) is 43.0 Å². The number of benzene rings is 2. The predicted octanol–water partition coefficient (Wildman–Crippen LogP) is 4.15. The van der Waals surface area contributed by atoms with E-state index in [1.54, 1.807) is 32.4 Å². The summed E-state index contributed by atoms with van der Waals surface area (Å²) in [5.41, 5.74) is 5.49. The summed E-state index contributed by atoms with van der Waals surface area (Å²) in [6, 6.07) is 15.4. The molecule has 3 rings (SSSR count). The zero-order valence-electron chi connectivity index (χ0n) is 15.2. The van der Waals surface area contributed by atoms with Gasteiger partial charge in [-0.25, -0.2) is 5.43 Å². The van der Waals surface area contributed by atoms with Crippen LogP contribution in [-0.4, -0.2) is 25.8 Å². The minimum atomic E-state index is -0.254. The Bertz CT molecular complexity index is 787. The highest BCUT2D eigenvalue weighted by molar-refractivity contribution is 5.97. The van der Waals surface area contributed by atoms with Gasteiger partial charge in [0, 0.05) is 17.2 Å². The van der Waals surface area contributed by atoms with Crippen molar-refractivity contribution in [3.63, 3.8) is 0 Å². The molecule has 136 valence electrons. The number of nitrogens with zero attached hydrogens (tertiary/aromatic N) is 1. The van der Waals surface area contributed by atoms with Crippen molar-refractivity contribution in [2.75, 3.05) is 14.2 Å². The molecule has 2 aromatic rings. The minimum absolute atomic E-state index is 0.254. The van der Waals surface area contributed by atoms with Gasteiger partial charge in [0.15, 0.2) is 11.5 Å². The first-order valence-corrected chi connectivity index (χ1v) is 8.86. The summed E-state index contributed by atoms with van der Waals surface area (Å²) < 4.78 is 10.5. The van der Waals surface area contributed by atoms with Crippen molar-refractivity contribution in [1.29, 1.82) is 0 Å². The van der Waals surface area contributed by atoms with Crippen LogP contribution in [0.2, 0.25) is 0 Å². The Labute approximate surface area is 154 Å². The molecule has 1 aliphatic rings. The van der Waals surface area contributed by atoms with E-state index in [0.29, 0.717) is 17.1 Å². The fourth-order valence-corrected chi connectivity index (χ4v) is 3.34. The maximum absolute atomic E-state index is 12.5. The maximum Gasteiger partial charge on any atom is 0.271 e. The third-order valence-corrected chi connectivity index (χ3v) is 4.73. The number of hydrogen-bond donors (Lipinski definition) is 1. The number of methoxy groups -OCH3 is 2. The van der Waals surface area contributed by atoms with Gasteiger partial charge in [0.25, 0.3) is 5.91 Å². The Balaban J connectivity index is 1.76. The second-order valence-corrected chi connectivity index (χ2v) is 6.32. The number of ether oxygens (including phenoxy) is 2. The highest BCUT2D eigenvalue weighted by Crippen LogP contribution is 2.31. The second kappa shape index (κ2) is 8.52. The van der Waals surface area contributed by atoms with E-state index in [9.17, 15) is 4.79 Å². The largest absolute Gasteiger partial charge is 0.493 e. The van der Waals surface area contributed by atoms with Crippen LogP contribution in [-0.2, 0) is 0 Å². The van der Waals surface area contributed by atoms with Crippen molar-refractivity contribution in [3.05, 3.63) is 59.7 Å². The average Bonchev–Trinajstić information content (AvgIpc) is 2.72. The number of amides is 1. The lowest BCUT2D eigenvalue weighted by atomic mass is 9.82. The highest BCUT2D eigenvalue weighted by Gasteiger charge is 2.22. The zero-order chi connectivity index (χ0) is 18.4. The Hall–Kier alpha value is -2.82. The highest BCUT2D eigenvalue weighted by atomic mass is 16.5. The molecule has 0 heterocycles. The molecule has 1 aliphatic carbocycles. The fourth-order valence-electron chi connectivity index (χ4n) is 3.34. The number of rotatable bonds is 5.